The summed E-state index contributed by atoms with van der Waals surface area (Å²) in [6, 6.07) is 20.4. The van der Waals surface area contributed by atoms with Crippen LogP contribution in [-0.2, 0) is 4.79 Å². The van der Waals surface area contributed by atoms with Crippen molar-refractivity contribution in [3.8, 4) is 0 Å². The highest BCUT2D eigenvalue weighted by atomic mass is 16.1. The first kappa shape index (κ1) is 17.8. The zero-order chi connectivity index (χ0) is 19.8. The molecule has 4 heteroatoms. The number of aryl methyl sites for hydroxylation is 1. The minimum absolute atomic E-state index is 0.158. The molecular weight excluding hydrogens is 358 g/mol. The van der Waals surface area contributed by atoms with Crippen molar-refractivity contribution in [2.75, 3.05) is 5.32 Å². The van der Waals surface area contributed by atoms with Crippen molar-refractivity contribution < 1.29 is 4.79 Å². The average molecular weight is 381 g/mol. The van der Waals surface area contributed by atoms with Crippen LogP contribution in [0.2, 0.25) is 0 Å². The number of ketones is 1. The lowest BCUT2D eigenvalue weighted by Gasteiger charge is -2.33. The van der Waals surface area contributed by atoms with Crippen LogP contribution in [0.3, 0.4) is 0 Å². The van der Waals surface area contributed by atoms with Gasteiger partial charge in [0, 0.05) is 24.5 Å². The van der Waals surface area contributed by atoms with Crippen LogP contribution in [0.15, 0.2) is 78.0 Å². The van der Waals surface area contributed by atoms with Crippen molar-refractivity contribution in [3.05, 3.63) is 89.7 Å². The predicted molar refractivity (Wildman–Crippen MR) is 116 cm³/mol. The van der Waals surface area contributed by atoms with Crippen LogP contribution in [0, 0.1) is 12.8 Å². The molecule has 0 bridgehead atoms. The van der Waals surface area contributed by atoms with Gasteiger partial charge in [0.1, 0.15) is 5.78 Å². The predicted octanol–water partition coefficient (Wildman–Crippen LogP) is 5.39. The molecule has 5 rings (SSSR count). The lowest BCUT2D eigenvalue weighted by Crippen LogP contribution is -2.38. The molecule has 2 aliphatic rings. The summed E-state index contributed by atoms with van der Waals surface area (Å²) in [7, 11) is 0. The van der Waals surface area contributed by atoms with Crippen LogP contribution in [-0.4, -0.2) is 16.5 Å². The summed E-state index contributed by atoms with van der Waals surface area (Å²) in [5.74, 6) is 0.154. The number of carbonyl (C=O) groups excluding carboxylic acids is 1. The van der Waals surface area contributed by atoms with E-state index in [0.717, 1.165) is 29.1 Å². The Kier molecular flexibility index (Phi) is 4.47. The number of fused-ring (bicyclic) bond motifs is 2. The number of aromatic nitrogens is 1. The molecule has 29 heavy (non-hydrogen) atoms. The summed E-state index contributed by atoms with van der Waals surface area (Å²) in [4.78, 5) is 22.7. The third kappa shape index (κ3) is 3.35. The Morgan fingerprint density at radius 3 is 2.59 bits per heavy atom. The highest BCUT2D eigenvalue weighted by molar-refractivity contribution is 6.10. The number of pyridine rings is 1. The molecule has 3 atom stereocenters. The van der Waals surface area contributed by atoms with Crippen molar-refractivity contribution in [1.82, 2.24) is 4.98 Å². The van der Waals surface area contributed by atoms with Crippen molar-refractivity contribution in [3.63, 3.8) is 0 Å². The molecule has 0 saturated heterocycles. The van der Waals surface area contributed by atoms with Gasteiger partial charge in [-0.1, -0.05) is 42.5 Å². The van der Waals surface area contributed by atoms with E-state index in [-0.39, 0.29) is 23.7 Å². The number of carbonyl (C=O) groups is 1. The molecule has 3 unspecified atom stereocenters. The van der Waals surface area contributed by atoms with Crippen LogP contribution in [0.25, 0.3) is 0 Å². The Balaban J connectivity index is 1.61. The van der Waals surface area contributed by atoms with Gasteiger partial charge < -0.3 is 5.32 Å². The summed E-state index contributed by atoms with van der Waals surface area (Å²) in [5, 5.41) is 3.63. The highest BCUT2D eigenvalue weighted by Gasteiger charge is 2.41. The summed E-state index contributed by atoms with van der Waals surface area (Å²) < 4.78 is 0. The highest BCUT2D eigenvalue weighted by Crippen LogP contribution is 2.43. The largest absolute Gasteiger partial charge is 0.375 e. The minimum atomic E-state index is -0.271. The second-order valence-corrected chi connectivity index (χ2v) is 7.99. The quantitative estimate of drug-likeness (QED) is 0.647. The van der Waals surface area contributed by atoms with E-state index in [1.165, 1.54) is 11.1 Å². The third-order valence-electron chi connectivity index (χ3n) is 5.98. The molecule has 1 aromatic heterocycles. The second kappa shape index (κ2) is 7.28. The Labute approximate surface area is 170 Å². The van der Waals surface area contributed by atoms with E-state index >= 15 is 0 Å². The first-order chi connectivity index (χ1) is 14.2. The van der Waals surface area contributed by atoms with Crippen LogP contribution in [0.5, 0.6) is 0 Å². The van der Waals surface area contributed by atoms with E-state index in [1.54, 1.807) is 6.20 Å². The first-order valence-corrected chi connectivity index (χ1v) is 10.1. The molecule has 144 valence electrons. The number of Topliss-reactive ketones (excluding diaryl/α,β-unsaturated/α-hetero) is 1. The maximum absolute atomic E-state index is 13.4. The number of benzene rings is 2. The summed E-state index contributed by atoms with van der Waals surface area (Å²) in [5.41, 5.74) is 6.25. The summed E-state index contributed by atoms with van der Waals surface area (Å²) in [6.45, 7) is 2.07. The van der Waals surface area contributed by atoms with Crippen LogP contribution < -0.4 is 5.32 Å². The number of hydrogen-bond donors (Lipinski definition) is 1. The molecule has 4 nitrogen and oxygen atoms in total. The SMILES string of the molecule is Cc1ccc2c(c1)NC(c1cccnc1)C1C(=O)CC(c3ccccc3)CC1=N2. The van der Waals surface area contributed by atoms with Crippen molar-refractivity contribution in [2.45, 2.75) is 31.7 Å². The van der Waals surface area contributed by atoms with Gasteiger partial charge in [-0.25, -0.2) is 0 Å². The van der Waals surface area contributed by atoms with Crippen LogP contribution >= 0.6 is 0 Å². The fourth-order valence-corrected chi connectivity index (χ4v) is 4.57. The Morgan fingerprint density at radius 2 is 1.79 bits per heavy atom. The van der Waals surface area contributed by atoms with Crippen molar-refractivity contribution >= 4 is 22.9 Å². The van der Waals surface area contributed by atoms with Gasteiger partial charge in [0.15, 0.2) is 0 Å². The topological polar surface area (TPSA) is 54.4 Å². The molecule has 3 aromatic rings. The van der Waals surface area contributed by atoms with Gasteiger partial charge in [-0.2, -0.15) is 0 Å². The zero-order valence-electron chi connectivity index (χ0n) is 16.4. The first-order valence-electron chi connectivity index (χ1n) is 10.1. The van der Waals surface area contributed by atoms with Gasteiger partial charge >= 0.3 is 0 Å². The van der Waals surface area contributed by atoms with Gasteiger partial charge in [0.2, 0.25) is 0 Å². The molecule has 1 fully saturated rings. The lowest BCUT2D eigenvalue weighted by molar-refractivity contribution is -0.122. The van der Waals surface area contributed by atoms with E-state index in [9.17, 15) is 4.79 Å². The number of hydrogen-bond acceptors (Lipinski definition) is 4. The van der Waals surface area contributed by atoms with Gasteiger partial charge in [-0.3, -0.25) is 14.8 Å². The number of nitrogens with one attached hydrogen (secondary N) is 1. The molecule has 0 amide bonds. The van der Waals surface area contributed by atoms with E-state index < -0.39 is 0 Å². The molecular formula is C25H23N3O. The molecule has 1 aliphatic heterocycles. The second-order valence-electron chi connectivity index (χ2n) is 7.99. The fraction of sp³-hybridized carbons (Fsp3) is 0.240. The molecule has 1 saturated carbocycles. The Morgan fingerprint density at radius 1 is 0.966 bits per heavy atom. The van der Waals surface area contributed by atoms with Crippen molar-refractivity contribution in [1.29, 1.82) is 0 Å². The molecule has 1 N–H and O–H groups in total. The van der Waals surface area contributed by atoms with Crippen LogP contribution in [0.4, 0.5) is 11.4 Å². The normalized spacial score (nSPS) is 23.3. The number of rotatable bonds is 2. The number of anilines is 1. The minimum Gasteiger partial charge on any atom is -0.375 e. The molecule has 1 aliphatic carbocycles. The lowest BCUT2D eigenvalue weighted by atomic mass is 9.72. The van der Waals surface area contributed by atoms with Crippen LogP contribution in [0.1, 0.15) is 41.5 Å². The van der Waals surface area contributed by atoms with Gasteiger partial charge in [0.05, 0.1) is 23.3 Å². The fourth-order valence-electron chi connectivity index (χ4n) is 4.57. The molecule has 0 radical (unpaired) electrons. The molecule has 0 spiro atoms. The van der Waals surface area contributed by atoms with Crippen molar-refractivity contribution in [2.24, 2.45) is 10.9 Å². The maximum Gasteiger partial charge on any atom is 0.144 e. The molecule has 2 aromatic carbocycles. The standard InChI is InChI=1S/C25H23N3O/c1-16-9-10-20-21(12-16)28-25(18-8-5-11-26-15-18)24-22(27-20)13-19(14-23(24)29)17-6-3-2-4-7-17/h2-12,15,19,24-25,28H,13-14H2,1H3. The monoisotopic (exact) mass is 381 g/mol. The number of aliphatic imine (C=N–C) groups is 1. The van der Waals surface area contributed by atoms with E-state index in [4.69, 9.17) is 4.99 Å². The van der Waals surface area contributed by atoms with E-state index in [0.29, 0.717) is 6.42 Å². The molecule has 2 heterocycles. The zero-order valence-corrected chi connectivity index (χ0v) is 16.4. The van der Waals surface area contributed by atoms with Gasteiger partial charge in [0.25, 0.3) is 0 Å². The summed E-state index contributed by atoms with van der Waals surface area (Å²) >= 11 is 0. The Bertz CT molecular complexity index is 1080. The average Bonchev–Trinajstić information content (AvgIpc) is 2.91. The van der Waals surface area contributed by atoms with Gasteiger partial charge in [-0.15, -0.1) is 0 Å². The summed E-state index contributed by atoms with van der Waals surface area (Å²) in [6.07, 6.45) is 4.96. The smallest absolute Gasteiger partial charge is 0.144 e. The van der Waals surface area contributed by atoms with Gasteiger partial charge in [-0.05, 0) is 54.2 Å². The van der Waals surface area contributed by atoms with E-state index in [1.807, 2.05) is 42.6 Å². The maximum atomic E-state index is 13.4. The number of nitrogens with zero attached hydrogens (tertiary/aromatic N) is 2. The third-order valence-corrected chi connectivity index (χ3v) is 5.98. The van der Waals surface area contributed by atoms with E-state index in [2.05, 4.69) is 41.5 Å². The Hall–Kier alpha value is -3.27.